The number of urea groups is 1. The number of barbiturate groups is 1. The van der Waals surface area contributed by atoms with Gasteiger partial charge in [0, 0.05) is 5.02 Å². The van der Waals surface area contributed by atoms with E-state index in [4.69, 9.17) is 32.7 Å². The molecule has 1 fully saturated rings. The molecule has 0 atom stereocenters. The highest BCUT2D eigenvalue weighted by atomic mass is 35.5. The van der Waals surface area contributed by atoms with Crippen molar-refractivity contribution in [2.45, 2.75) is 0 Å². The molecule has 1 aliphatic rings. The molecule has 0 bridgehead atoms. The third-order valence-corrected chi connectivity index (χ3v) is 5.74. The number of imide groups is 2. The SMILES string of the molecule is COc1ccccc1NC(=O)COc1ccc(/C=C2/C(=O)NC(=O)N(c3ccc(Cl)cc3)C2=O)cc1Cl. The number of carbonyl (C=O) groups excluding carboxylic acids is 4. The van der Waals surface area contributed by atoms with Gasteiger partial charge in [0.25, 0.3) is 17.7 Å². The summed E-state index contributed by atoms with van der Waals surface area (Å²) in [4.78, 5) is 50.8. The van der Waals surface area contributed by atoms with E-state index in [0.29, 0.717) is 22.0 Å². The molecule has 1 aliphatic heterocycles. The number of nitrogens with one attached hydrogen (secondary N) is 2. The fraction of sp³-hybridized carbons (Fsp3) is 0.0769. The highest BCUT2D eigenvalue weighted by Gasteiger charge is 2.36. The molecule has 9 nitrogen and oxygen atoms in total. The number of hydrogen-bond acceptors (Lipinski definition) is 6. The number of amides is 5. The van der Waals surface area contributed by atoms with Gasteiger partial charge >= 0.3 is 6.03 Å². The first-order valence-electron chi connectivity index (χ1n) is 10.8. The van der Waals surface area contributed by atoms with Gasteiger partial charge in [-0.05, 0) is 60.2 Å². The minimum absolute atomic E-state index is 0.147. The molecule has 188 valence electrons. The fourth-order valence-electron chi connectivity index (χ4n) is 3.45. The average molecular weight is 540 g/mol. The van der Waals surface area contributed by atoms with Crippen LogP contribution < -0.4 is 25.0 Å². The predicted molar refractivity (Wildman–Crippen MR) is 139 cm³/mol. The second-order valence-corrected chi connectivity index (χ2v) is 8.50. The van der Waals surface area contributed by atoms with Crippen molar-refractivity contribution in [3.05, 3.63) is 87.9 Å². The number of halogens is 2. The van der Waals surface area contributed by atoms with Crippen LogP contribution in [0.15, 0.2) is 72.3 Å². The fourth-order valence-corrected chi connectivity index (χ4v) is 3.82. The van der Waals surface area contributed by atoms with Crippen molar-refractivity contribution < 1.29 is 28.7 Å². The Kier molecular flexibility index (Phi) is 7.76. The topological polar surface area (TPSA) is 114 Å². The number of methoxy groups -OCH3 is 1. The first kappa shape index (κ1) is 25.7. The zero-order valence-electron chi connectivity index (χ0n) is 19.3. The second kappa shape index (κ2) is 11.2. The molecular weight excluding hydrogens is 521 g/mol. The van der Waals surface area contributed by atoms with Crippen LogP contribution in [0.1, 0.15) is 5.56 Å². The molecule has 0 aromatic heterocycles. The van der Waals surface area contributed by atoms with Crippen molar-refractivity contribution in [2.24, 2.45) is 0 Å². The zero-order valence-corrected chi connectivity index (χ0v) is 20.8. The molecule has 2 N–H and O–H groups in total. The number of anilines is 2. The van der Waals surface area contributed by atoms with Crippen molar-refractivity contribution in [3.63, 3.8) is 0 Å². The first-order valence-corrected chi connectivity index (χ1v) is 11.5. The second-order valence-electron chi connectivity index (χ2n) is 7.66. The van der Waals surface area contributed by atoms with E-state index >= 15 is 0 Å². The molecule has 0 unspecified atom stereocenters. The third-order valence-electron chi connectivity index (χ3n) is 5.19. The smallest absolute Gasteiger partial charge is 0.335 e. The molecule has 0 aliphatic carbocycles. The molecule has 3 aromatic rings. The molecule has 1 saturated heterocycles. The van der Waals surface area contributed by atoms with Gasteiger partial charge in [-0.25, -0.2) is 9.69 Å². The lowest BCUT2D eigenvalue weighted by Gasteiger charge is -2.26. The molecule has 11 heteroatoms. The summed E-state index contributed by atoms with van der Waals surface area (Å²) in [7, 11) is 1.50. The van der Waals surface area contributed by atoms with Crippen molar-refractivity contribution in [1.82, 2.24) is 5.32 Å². The minimum Gasteiger partial charge on any atom is -0.495 e. The molecule has 5 amide bonds. The normalized spacial score (nSPS) is 14.4. The van der Waals surface area contributed by atoms with E-state index in [1.54, 1.807) is 30.3 Å². The van der Waals surface area contributed by atoms with Crippen LogP contribution in [0.5, 0.6) is 11.5 Å². The maximum absolute atomic E-state index is 13.0. The standard InChI is InChI=1S/C26H19Cl2N3O6/c1-36-22-5-3-2-4-20(22)29-23(32)14-37-21-11-6-15(13-19(21)28)12-18-24(33)30-26(35)31(25(18)34)17-9-7-16(27)8-10-17/h2-13H,14H2,1H3,(H,29,32)(H,30,33,35)/b18-12-. The van der Waals surface area contributed by atoms with Gasteiger partial charge in [-0.1, -0.05) is 41.4 Å². The summed E-state index contributed by atoms with van der Waals surface area (Å²) in [6, 6.07) is 16.6. The van der Waals surface area contributed by atoms with Crippen LogP contribution in [0.4, 0.5) is 16.2 Å². The molecule has 4 rings (SSSR count). The molecule has 1 heterocycles. The van der Waals surface area contributed by atoms with E-state index in [0.717, 1.165) is 4.90 Å². The van der Waals surface area contributed by atoms with Gasteiger partial charge in [0.15, 0.2) is 6.61 Å². The lowest BCUT2D eigenvalue weighted by Crippen LogP contribution is -2.54. The van der Waals surface area contributed by atoms with Gasteiger partial charge in [-0.2, -0.15) is 0 Å². The number of nitrogens with zero attached hydrogens (tertiary/aromatic N) is 1. The van der Waals surface area contributed by atoms with Crippen LogP contribution in [0, 0.1) is 0 Å². The Morgan fingerprint density at radius 2 is 1.73 bits per heavy atom. The van der Waals surface area contributed by atoms with Crippen molar-refractivity contribution in [1.29, 1.82) is 0 Å². The molecule has 37 heavy (non-hydrogen) atoms. The van der Waals surface area contributed by atoms with Crippen LogP contribution >= 0.6 is 23.2 Å². The van der Waals surface area contributed by atoms with Gasteiger partial charge in [-0.3, -0.25) is 19.7 Å². The number of benzene rings is 3. The predicted octanol–water partition coefficient (Wildman–Crippen LogP) is 4.69. The summed E-state index contributed by atoms with van der Waals surface area (Å²) < 4.78 is 10.7. The summed E-state index contributed by atoms with van der Waals surface area (Å²) in [6.07, 6.45) is 1.30. The lowest BCUT2D eigenvalue weighted by molar-refractivity contribution is -0.122. The Bertz CT molecular complexity index is 1420. The summed E-state index contributed by atoms with van der Waals surface area (Å²) in [5.74, 6) is -1.35. The number of hydrogen-bond donors (Lipinski definition) is 2. The quantitative estimate of drug-likeness (QED) is 0.332. The van der Waals surface area contributed by atoms with Crippen LogP contribution in [0.2, 0.25) is 10.0 Å². The number of carbonyl (C=O) groups is 4. The molecule has 0 radical (unpaired) electrons. The number of ether oxygens (including phenoxy) is 2. The van der Waals surface area contributed by atoms with E-state index in [9.17, 15) is 19.2 Å². The van der Waals surface area contributed by atoms with Crippen LogP contribution in [0.25, 0.3) is 6.08 Å². The Balaban J connectivity index is 1.47. The third kappa shape index (κ3) is 5.91. The Morgan fingerprint density at radius 3 is 2.43 bits per heavy atom. The van der Waals surface area contributed by atoms with Gasteiger partial charge in [0.2, 0.25) is 0 Å². The van der Waals surface area contributed by atoms with Crippen LogP contribution in [0.3, 0.4) is 0 Å². The van der Waals surface area contributed by atoms with Gasteiger partial charge < -0.3 is 14.8 Å². The summed E-state index contributed by atoms with van der Waals surface area (Å²) >= 11 is 12.2. The summed E-state index contributed by atoms with van der Waals surface area (Å²) in [6.45, 7) is -0.322. The Morgan fingerprint density at radius 1 is 1.00 bits per heavy atom. The van der Waals surface area contributed by atoms with E-state index < -0.39 is 23.8 Å². The van der Waals surface area contributed by atoms with Crippen molar-refractivity contribution in [3.8, 4) is 11.5 Å². The lowest BCUT2D eigenvalue weighted by atomic mass is 10.1. The first-order chi connectivity index (χ1) is 17.8. The zero-order chi connectivity index (χ0) is 26.5. The van der Waals surface area contributed by atoms with Crippen molar-refractivity contribution in [2.75, 3.05) is 23.9 Å². The largest absolute Gasteiger partial charge is 0.495 e. The van der Waals surface area contributed by atoms with E-state index in [1.807, 2.05) is 0 Å². The molecule has 0 saturated carbocycles. The highest BCUT2D eigenvalue weighted by molar-refractivity contribution is 6.39. The van der Waals surface area contributed by atoms with Crippen molar-refractivity contribution >= 4 is 64.4 Å². The van der Waals surface area contributed by atoms with Gasteiger partial charge in [-0.15, -0.1) is 0 Å². The number of rotatable bonds is 7. The summed E-state index contributed by atoms with van der Waals surface area (Å²) in [5.41, 5.74) is 0.877. The minimum atomic E-state index is -0.873. The maximum atomic E-state index is 13.0. The maximum Gasteiger partial charge on any atom is 0.335 e. The highest BCUT2D eigenvalue weighted by Crippen LogP contribution is 2.29. The molecular formula is C26H19Cl2N3O6. The number of para-hydroxylation sites is 2. The van der Waals surface area contributed by atoms with Gasteiger partial charge in [0.1, 0.15) is 17.1 Å². The van der Waals surface area contributed by atoms with Gasteiger partial charge in [0.05, 0.1) is 23.5 Å². The summed E-state index contributed by atoms with van der Waals surface area (Å²) in [5, 5.41) is 5.41. The average Bonchev–Trinajstić information content (AvgIpc) is 2.87. The Labute approximate surface area is 221 Å². The van der Waals surface area contributed by atoms with E-state index in [2.05, 4.69) is 10.6 Å². The van der Waals surface area contributed by atoms with Crippen LogP contribution in [-0.4, -0.2) is 37.5 Å². The Hall–Kier alpha value is -4.34. The van der Waals surface area contributed by atoms with Crippen LogP contribution in [-0.2, 0) is 14.4 Å². The molecule has 3 aromatic carbocycles. The van der Waals surface area contributed by atoms with E-state index in [-0.39, 0.29) is 28.6 Å². The van der Waals surface area contributed by atoms with E-state index in [1.165, 1.54) is 49.6 Å². The molecule has 0 spiro atoms. The monoisotopic (exact) mass is 539 g/mol.